The number of nitrogens with zero attached hydrogens (tertiary/aromatic N) is 1. The van der Waals surface area contributed by atoms with Gasteiger partial charge in [-0.15, -0.1) is 0 Å². The first-order valence-electron chi connectivity index (χ1n) is 5.52. The van der Waals surface area contributed by atoms with Gasteiger partial charge < -0.3 is 11.1 Å². The van der Waals surface area contributed by atoms with Crippen LogP contribution in [0.4, 0.5) is 4.79 Å². The highest BCUT2D eigenvalue weighted by Gasteiger charge is 2.33. The molecule has 0 spiro atoms. The Hall–Kier alpha value is -1.88. The first-order chi connectivity index (χ1) is 8.13. The molecular weight excluding hydrogens is 218 g/mol. The van der Waals surface area contributed by atoms with Crippen molar-refractivity contribution in [3.8, 4) is 0 Å². The number of nitrogens with two attached hydrogens (primary N) is 1. The zero-order valence-corrected chi connectivity index (χ0v) is 9.64. The lowest BCUT2D eigenvalue weighted by molar-refractivity contribution is -0.126. The Labute approximate surface area is 99.6 Å². The maximum atomic E-state index is 11.5. The molecule has 2 rings (SSSR count). The van der Waals surface area contributed by atoms with Crippen LogP contribution in [0.1, 0.15) is 24.1 Å². The maximum absolute atomic E-state index is 11.5. The van der Waals surface area contributed by atoms with E-state index >= 15 is 0 Å². The van der Waals surface area contributed by atoms with Crippen LogP contribution < -0.4 is 11.1 Å². The molecule has 17 heavy (non-hydrogen) atoms. The Morgan fingerprint density at radius 2 is 2.00 bits per heavy atom. The van der Waals surface area contributed by atoms with Crippen LogP contribution in [-0.4, -0.2) is 23.4 Å². The van der Waals surface area contributed by atoms with Crippen molar-refractivity contribution in [1.82, 2.24) is 10.2 Å². The molecule has 0 radical (unpaired) electrons. The van der Waals surface area contributed by atoms with Crippen LogP contribution in [-0.2, 0) is 11.3 Å². The van der Waals surface area contributed by atoms with Crippen molar-refractivity contribution in [1.29, 1.82) is 0 Å². The van der Waals surface area contributed by atoms with Crippen LogP contribution in [0.3, 0.4) is 0 Å². The highest BCUT2D eigenvalue weighted by molar-refractivity contribution is 6.02. The van der Waals surface area contributed by atoms with Crippen molar-refractivity contribution in [3.63, 3.8) is 0 Å². The third kappa shape index (κ3) is 2.14. The van der Waals surface area contributed by atoms with Crippen LogP contribution in [0.25, 0.3) is 0 Å². The molecule has 5 heteroatoms. The molecule has 0 bridgehead atoms. The number of carbonyl (C=O) groups excluding carboxylic acids is 2. The van der Waals surface area contributed by atoms with Gasteiger partial charge in [0.1, 0.15) is 0 Å². The molecule has 1 heterocycles. The fraction of sp³-hybridized carbons (Fsp3) is 0.333. The number of rotatable bonds is 3. The van der Waals surface area contributed by atoms with Gasteiger partial charge in [0.05, 0.1) is 12.6 Å². The minimum absolute atomic E-state index is 0.0874. The SMILES string of the molecule is CC(c1ccc(CN)cc1)N1C(=O)CNC1=O. The molecule has 0 aliphatic carbocycles. The van der Waals surface area contributed by atoms with Gasteiger partial charge >= 0.3 is 6.03 Å². The summed E-state index contributed by atoms with van der Waals surface area (Å²) in [5, 5.41) is 2.51. The van der Waals surface area contributed by atoms with Crippen LogP contribution in [0.15, 0.2) is 24.3 Å². The highest BCUT2D eigenvalue weighted by atomic mass is 16.2. The second-order valence-electron chi connectivity index (χ2n) is 4.04. The standard InChI is InChI=1S/C12H15N3O2/c1-8(15-11(16)7-14-12(15)17)10-4-2-9(6-13)3-5-10/h2-5,8H,6-7,13H2,1H3,(H,14,17). The van der Waals surface area contributed by atoms with Crippen LogP contribution >= 0.6 is 0 Å². The van der Waals surface area contributed by atoms with Gasteiger partial charge in [-0.05, 0) is 18.1 Å². The number of nitrogens with one attached hydrogen (secondary N) is 1. The number of amides is 3. The quantitative estimate of drug-likeness (QED) is 0.757. The molecule has 5 nitrogen and oxygen atoms in total. The molecule has 1 unspecified atom stereocenters. The predicted octanol–water partition coefficient (Wildman–Crippen LogP) is 0.758. The normalized spacial score (nSPS) is 17.2. The van der Waals surface area contributed by atoms with Gasteiger partial charge in [-0.2, -0.15) is 0 Å². The third-order valence-corrected chi connectivity index (χ3v) is 2.96. The van der Waals surface area contributed by atoms with E-state index in [0.717, 1.165) is 11.1 Å². The number of imide groups is 1. The second kappa shape index (κ2) is 4.55. The van der Waals surface area contributed by atoms with Crippen molar-refractivity contribution in [2.75, 3.05) is 6.54 Å². The van der Waals surface area contributed by atoms with Crippen LogP contribution in [0.5, 0.6) is 0 Å². The van der Waals surface area contributed by atoms with Gasteiger partial charge in [0.15, 0.2) is 0 Å². The number of benzene rings is 1. The molecule has 0 saturated carbocycles. The van der Waals surface area contributed by atoms with Crippen molar-refractivity contribution in [2.45, 2.75) is 19.5 Å². The first kappa shape index (κ1) is 11.6. The summed E-state index contributed by atoms with van der Waals surface area (Å²) >= 11 is 0. The fourth-order valence-electron chi connectivity index (χ4n) is 1.91. The lowest BCUT2D eigenvalue weighted by Crippen LogP contribution is -2.33. The minimum atomic E-state index is -0.328. The van der Waals surface area contributed by atoms with E-state index in [0.29, 0.717) is 6.54 Å². The minimum Gasteiger partial charge on any atom is -0.329 e. The molecule has 1 aromatic rings. The summed E-state index contributed by atoms with van der Waals surface area (Å²) in [4.78, 5) is 24.3. The summed E-state index contributed by atoms with van der Waals surface area (Å²) in [7, 11) is 0. The van der Waals surface area contributed by atoms with Gasteiger partial charge in [0.2, 0.25) is 0 Å². The van der Waals surface area contributed by atoms with E-state index in [-0.39, 0.29) is 24.5 Å². The molecule has 1 aromatic carbocycles. The molecule has 1 saturated heterocycles. The topological polar surface area (TPSA) is 75.4 Å². The summed E-state index contributed by atoms with van der Waals surface area (Å²) in [6.45, 7) is 2.40. The Bertz CT molecular complexity index is 426. The van der Waals surface area contributed by atoms with Gasteiger partial charge in [0, 0.05) is 6.54 Å². The molecule has 1 aliphatic heterocycles. The van der Waals surface area contributed by atoms with Gasteiger partial charge in [-0.1, -0.05) is 24.3 Å². The number of hydrogen-bond donors (Lipinski definition) is 2. The molecular formula is C12H15N3O2. The Morgan fingerprint density at radius 3 is 2.47 bits per heavy atom. The smallest absolute Gasteiger partial charge is 0.325 e. The van der Waals surface area contributed by atoms with Crippen molar-refractivity contribution < 1.29 is 9.59 Å². The average molecular weight is 233 g/mol. The van der Waals surface area contributed by atoms with E-state index in [1.54, 1.807) is 0 Å². The highest BCUT2D eigenvalue weighted by Crippen LogP contribution is 2.22. The lowest BCUT2D eigenvalue weighted by atomic mass is 10.1. The Kier molecular flexibility index (Phi) is 3.10. The number of urea groups is 1. The van der Waals surface area contributed by atoms with Crippen LogP contribution in [0, 0.1) is 0 Å². The number of hydrogen-bond acceptors (Lipinski definition) is 3. The molecule has 3 N–H and O–H groups in total. The summed E-state index contributed by atoms with van der Waals surface area (Å²) in [5.74, 6) is -0.189. The Balaban J connectivity index is 2.21. The van der Waals surface area contributed by atoms with Crippen molar-refractivity contribution in [2.24, 2.45) is 5.73 Å². The zero-order chi connectivity index (χ0) is 12.4. The molecule has 90 valence electrons. The van der Waals surface area contributed by atoms with Crippen molar-refractivity contribution >= 4 is 11.9 Å². The maximum Gasteiger partial charge on any atom is 0.325 e. The van der Waals surface area contributed by atoms with E-state index in [2.05, 4.69) is 5.32 Å². The third-order valence-electron chi connectivity index (χ3n) is 2.96. The lowest BCUT2D eigenvalue weighted by Gasteiger charge is -2.21. The molecule has 0 aromatic heterocycles. The molecule has 1 aliphatic rings. The Morgan fingerprint density at radius 1 is 1.35 bits per heavy atom. The summed E-state index contributed by atoms with van der Waals surface area (Å²) < 4.78 is 0. The van der Waals surface area contributed by atoms with E-state index in [9.17, 15) is 9.59 Å². The van der Waals surface area contributed by atoms with Crippen LogP contribution in [0.2, 0.25) is 0 Å². The zero-order valence-electron chi connectivity index (χ0n) is 9.64. The molecule has 1 fully saturated rings. The van der Waals surface area contributed by atoms with E-state index in [1.165, 1.54) is 4.90 Å². The summed E-state index contributed by atoms with van der Waals surface area (Å²) in [6, 6.07) is 7.02. The summed E-state index contributed by atoms with van der Waals surface area (Å²) in [6.07, 6.45) is 0. The van der Waals surface area contributed by atoms with Crippen molar-refractivity contribution in [3.05, 3.63) is 35.4 Å². The second-order valence-corrected chi connectivity index (χ2v) is 4.04. The largest absolute Gasteiger partial charge is 0.329 e. The number of carbonyl (C=O) groups is 2. The van der Waals surface area contributed by atoms with Gasteiger partial charge in [0.25, 0.3) is 5.91 Å². The molecule has 3 amide bonds. The average Bonchev–Trinajstić information content (AvgIpc) is 2.68. The van der Waals surface area contributed by atoms with Gasteiger partial charge in [-0.25, -0.2) is 4.79 Å². The first-order valence-corrected chi connectivity index (χ1v) is 5.52. The van der Waals surface area contributed by atoms with Gasteiger partial charge in [-0.3, -0.25) is 9.69 Å². The van der Waals surface area contributed by atoms with E-state index < -0.39 is 0 Å². The predicted molar refractivity (Wildman–Crippen MR) is 63.0 cm³/mol. The fourth-order valence-corrected chi connectivity index (χ4v) is 1.91. The van der Waals surface area contributed by atoms with E-state index in [1.807, 2.05) is 31.2 Å². The monoisotopic (exact) mass is 233 g/mol. The molecule has 1 atom stereocenters. The summed E-state index contributed by atoms with van der Waals surface area (Å²) in [5.41, 5.74) is 7.46. The van der Waals surface area contributed by atoms with E-state index in [4.69, 9.17) is 5.73 Å².